The largest absolute Gasteiger partial charge is 0.472 e. The second-order valence-corrected chi connectivity index (χ2v) is 28.9. The zero-order chi connectivity index (χ0) is 64.7. The second-order valence-electron chi connectivity index (χ2n) is 26.0. The highest BCUT2D eigenvalue weighted by molar-refractivity contribution is 7.47. The predicted molar refractivity (Wildman–Crippen MR) is 349 cm³/mol. The quantitative estimate of drug-likeness (QED) is 0.0222. The van der Waals surface area contributed by atoms with Crippen molar-refractivity contribution in [3.63, 3.8) is 0 Å². The number of rotatable bonds is 65. The second kappa shape index (κ2) is 57.9. The van der Waals surface area contributed by atoms with Gasteiger partial charge in [0.25, 0.3) is 0 Å². The van der Waals surface area contributed by atoms with E-state index in [0.29, 0.717) is 37.5 Å². The minimum atomic E-state index is -4.95. The molecule has 87 heavy (non-hydrogen) atoms. The first kappa shape index (κ1) is 85.1. The van der Waals surface area contributed by atoms with Crippen LogP contribution in [0.15, 0.2) is 0 Å². The highest BCUT2D eigenvalue weighted by Gasteiger charge is 2.30. The third-order valence-electron chi connectivity index (χ3n) is 16.3. The standard InChI is InChI=1S/C68H132O17P2/c1-9-60(7)46-38-30-21-15-11-13-17-23-34-42-50-67(72)84-63(54-78-65(70)48-40-32-25-19-20-28-36-44-58(3)4)56-82-86(74,75)80-52-62(69)53-81-87(76,77)83-57-64(55-79-66(71)49-41-33-27-26-29-37-45-59(5)6)85-68(73)51-43-35-24-18-14-12-16-22-31-39-47-61(8)10-2/h58-64,69H,9-57H2,1-8H3,(H,74,75)(H,76,77)/t60?,61?,62-,63-,64-/m1/s1. The Morgan fingerprint density at radius 1 is 0.322 bits per heavy atom. The van der Waals surface area contributed by atoms with Crippen molar-refractivity contribution in [2.24, 2.45) is 23.7 Å². The first-order valence-corrected chi connectivity index (χ1v) is 38.3. The van der Waals surface area contributed by atoms with Crippen LogP contribution in [0.3, 0.4) is 0 Å². The maximum absolute atomic E-state index is 13.0. The number of aliphatic hydroxyl groups excluding tert-OH is 1. The lowest BCUT2D eigenvalue weighted by Crippen LogP contribution is -2.30. The number of phosphoric acid groups is 2. The number of carbonyl (C=O) groups is 4. The van der Waals surface area contributed by atoms with Gasteiger partial charge in [-0.3, -0.25) is 37.3 Å². The molecule has 0 saturated carbocycles. The molecular formula is C68H132O17P2. The van der Waals surface area contributed by atoms with Crippen LogP contribution in [0.2, 0.25) is 0 Å². The first-order chi connectivity index (χ1) is 41.7. The molecule has 0 amide bonds. The van der Waals surface area contributed by atoms with Gasteiger partial charge in [-0.2, -0.15) is 0 Å². The maximum atomic E-state index is 13.0. The van der Waals surface area contributed by atoms with Gasteiger partial charge in [0.2, 0.25) is 0 Å². The van der Waals surface area contributed by atoms with Crippen molar-refractivity contribution in [3.8, 4) is 0 Å². The molecule has 0 aromatic carbocycles. The molecule has 19 heteroatoms. The fraction of sp³-hybridized carbons (Fsp3) is 0.941. The molecule has 7 atom stereocenters. The van der Waals surface area contributed by atoms with Crippen LogP contribution in [0, 0.1) is 23.7 Å². The Morgan fingerprint density at radius 2 is 0.552 bits per heavy atom. The molecule has 4 unspecified atom stereocenters. The minimum absolute atomic E-state index is 0.104. The summed E-state index contributed by atoms with van der Waals surface area (Å²) in [6.07, 6.45) is 39.0. The first-order valence-electron chi connectivity index (χ1n) is 35.3. The summed E-state index contributed by atoms with van der Waals surface area (Å²) in [6, 6.07) is 0. The molecule has 0 aliphatic heterocycles. The Labute approximate surface area is 530 Å². The van der Waals surface area contributed by atoms with E-state index in [1.54, 1.807) is 0 Å². The van der Waals surface area contributed by atoms with E-state index in [1.807, 2.05) is 0 Å². The molecule has 0 saturated heterocycles. The summed E-state index contributed by atoms with van der Waals surface area (Å²) in [5, 5.41) is 10.6. The van der Waals surface area contributed by atoms with E-state index in [-0.39, 0.29) is 25.7 Å². The maximum Gasteiger partial charge on any atom is 0.472 e. The number of esters is 4. The SMILES string of the molecule is CCC(C)CCCCCCCCCCCCC(=O)O[C@H](COC(=O)CCCCCCCCCC(C)C)COP(=O)(O)OC[C@@H](O)COP(=O)(O)OC[C@@H](COC(=O)CCCCCCCCC(C)C)OC(=O)CCCCCCCCCCCCC(C)CC. The van der Waals surface area contributed by atoms with Crippen molar-refractivity contribution in [2.45, 2.75) is 350 Å². The number of carbonyl (C=O) groups excluding carboxylic acids is 4. The third kappa shape index (κ3) is 60.1. The third-order valence-corrected chi connectivity index (χ3v) is 18.2. The van der Waals surface area contributed by atoms with Crippen LogP contribution in [-0.2, 0) is 65.4 Å². The molecule has 0 fully saturated rings. The Hall–Kier alpha value is -1.94. The lowest BCUT2D eigenvalue weighted by Gasteiger charge is -2.21. The summed E-state index contributed by atoms with van der Waals surface area (Å²) in [5.41, 5.74) is 0. The molecule has 0 heterocycles. The van der Waals surface area contributed by atoms with Gasteiger partial charge < -0.3 is 33.8 Å². The van der Waals surface area contributed by atoms with Crippen LogP contribution in [-0.4, -0.2) is 96.7 Å². The van der Waals surface area contributed by atoms with Gasteiger partial charge >= 0.3 is 39.5 Å². The van der Waals surface area contributed by atoms with Gasteiger partial charge in [0.15, 0.2) is 12.2 Å². The highest BCUT2D eigenvalue weighted by Crippen LogP contribution is 2.45. The van der Waals surface area contributed by atoms with Gasteiger partial charge in [-0.25, -0.2) is 9.13 Å². The van der Waals surface area contributed by atoms with Crippen LogP contribution in [0.1, 0.15) is 331 Å². The number of phosphoric ester groups is 2. The molecule has 3 N–H and O–H groups in total. The summed E-state index contributed by atoms with van der Waals surface area (Å²) >= 11 is 0. The number of aliphatic hydroxyl groups is 1. The Kier molecular flexibility index (Phi) is 56.6. The van der Waals surface area contributed by atoms with Gasteiger partial charge in [-0.15, -0.1) is 0 Å². The number of hydrogen-bond donors (Lipinski definition) is 3. The van der Waals surface area contributed by atoms with Gasteiger partial charge in [0.05, 0.1) is 26.4 Å². The van der Waals surface area contributed by atoms with Gasteiger partial charge in [0.1, 0.15) is 19.3 Å². The van der Waals surface area contributed by atoms with Crippen LogP contribution >= 0.6 is 15.6 Å². The van der Waals surface area contributed by atoms with Crippen LogP contribution < -0.4 is 0 Å². The molecule has 0 bridgehead atoms. The molecular weight excluding hydrogens is 1150 g/mol. The van der Waals surface area contributed by atoms with Crippen molar-refractivity contribution in [3.05, 3.63) is 0 Å². The molecule has 516 valence electrons. The molecule has 0 radical (unpaired) electrons. The molecule has 0 aliphatic rings. The van der Waals surface area contributed by atoms with E-state index in [4.69, 9.17) is 37.0 Å². The fourth-order valence-corrected chi connectivity index (χ4v) is 11.7. The van der Waals surface area contributed by atoms with E-state index in [0.717, 1.165) is 115 Å². The van der Waals surface area contributed by atoms with E-state index < -0.39 is 97.5 Å². The molecule has 17 nitrogen and oxygen atoms in total. The number of unbranched alkanes of at least 4 members (excludes halogenated alkanes) is 29. The molecule has 0 aromatic rings. The molecule has 0 aliphatic carbocycles. The van der Waals surface area contributed by atoms with Gasteiger partial charge in [-0.05, 0) is 49.4 Å². The average molecular weight is 1280 g/mol. The summed E-state index contributed by atoms with van der Waals surface area (Å²) in [7, 11) is -9.90. The fourth-order valence-electron chi connectivity index (χ4n) is 10.1. The zero-order valence-electron chi connectivity index (χ0n) is 56.6. The Morgan fingerprint density at radius 3 is 0.816 bits per heavy atom. The molecule has 0 spiro atoms. The topological polar surface area (TPSA) is 237 Å². The van der Waals surface area contributed by atoms with Crippen LogP contribution in [0.25, 0.3) is 0 Å². The molecule has 0 rings (SSSR count). The normalized spacial score (nSPS) is 15.0. The van der Waals surface area contributed by atoms with Crippen LogP contribution in [0.5, 0.6) is 0 Å². The lowest BCUT2D eigenvalue weighted by molar-refractivity contribution is -0.161. The molecule has 0 aromatic heterocycles. The van der Waals surface area contributed by atoms with Gasteiger partial charge in [0, 0.05) is 25.7 Å². The van der Waals surface area contributed by atoms with Crippen molar-refractivity contribution < 1.29 is 80.2 Å². The highest BCUT2D eigenvalue weighted by atomic mass is 31.2. The lowest BCUT2D eigenvalue weighted by atomic mass is 9.99. The number of ether oxygens (including phenoxy) is 4. The minimum Gasteiger partial charge on any atom is -0.462 e. The van der Waals surface area contributed by atoms with Gasteiger partial charge in [-0.1, -0.05) is 280 Å². The van der Waals surface area contributed by atoms with E-state index in [1.165, 1.54) is 122 Å². The van der Waals surface area contributed by atoms with Crippen LogP contribution in [0.4, 0.5) is 0 Å². The van der Waals surface area contributed by atoms with Crippen molar-refractivity contribution in [1.29, 1.82) is 0 Å². The Bertz CT molecular complexity index is 1730. The monoisotopic (exact) mass is 1280 g/mol. The van der Waals surface area contributed by atoms with E-state index in [2.05, 4.69) is 55.4 Å². The number of hydrogen-bond acceptors (Lipinski definition) is 15. The van der Waals surface area contributed by atoms with E-state index in [9.17, 15) is 43.2 Å². The predicted octanol–water partition coefficient (Wildman–Crippen LogP) is 18.9. The van der Waals surface area contributed by atoms with Crippen molar-refractivity contribution >= 4 is 39.5 Å². The van der Waals surface area contributed by atoms with Crippen molar-refractivity contribution in [2.75, 3.05) is 39.6 Å². The average Bonchev–Trinajstić information content (AvgIpc) is 3.70. The summed E-state index contributed by atoms with van der Waals surface area (Å²) in [6.45, 7) is 14.0. The summed E-state index contributed by atoms with van der Waals surface area (Å²) in [5.74, 6) is 0.856. The Balaban J connectivity index is 5.25. The van der Waals surface area contributed by atoms with Crippen molar-refractivity contribution in [1.82, 2.24) is 0 Å². The smallest absolute Gasteiger partial charge is 0.462 e. The van der Waals surface area contributed by atoms with E-state index >= 15 is 0 Å². The summed E-state index contributed by atoms with van der Waals surface area (Å²) < 4.78 is 68.2. The summed E-state index contributed by atoms with van der Waals surface area (Å²) in [4.78, 5) is 72.4. The zero-order valence-corrected chi connectivity index (χ0v) is 58.4.